The molecule has 0 saturated carbocycles. The maximum atomic E-state index is 12.6. The van der Waals surface area contributed by atoms with Crippen molar-refractivity contribution in [3.05, 3.63) is 30.1 Å². The molecule has 0 bridgehead atoms. The summed E-state index contributed by atoms with van der Waals surface area (Å²) >= 11 is 0. The smallest absolute Gasteiger partial charge is 0.196 e. The Kier molecular flexibility index (Phi) is 2.35. The van der Waals surface area contributed by atoms with E-state index < -0.39 is 0 Å². The summed E-state index contributed by atoms with van der Waals surface area (Å²) in [7, 11) is 0. The van der Waals surface area contributed by atoms with Crippen molar-refractivity contribution < 1.29 is 4.39 Å². The number of likely N-dealkylation sites (tertiary alicyclic amines) is 1. The summed E-state index contributed by atoms with van der Waals surface area (Å²) < 4.78 is 12.6. The average molecular weight is 193 g/mol. The molecule has 14 heavy (non-hydrogen) atoms. The van der Waals surface area contributed by atoms with Crippen LogP contribution in [0.5, 0.6) is 0 Å². The Morgan fingerprint density at radius 1 is 1.29 bits per heavy atom. The lowest BCUT2D eigenvalue weighted by molar-refractivity contribution is 0.297. The van der Waals surface area contributed by atoms with Crippen LogP contribution in [0.15, 0.2) is 29.3 Å². The molecule has 1 saturated heterocycles. The number of halogens is 1. The molecule has 0 atom stereocenters. The topological polar surface area (TPSA) is 41.6 Å². The van der Waals surface area contributed by atoms with E-state index in [1.54, 1.807) is 12.1 Å². The summed E-state index contributed by atoms with van der Waals surface area (Å²) in [5.74, 6) is 0.259. The summed E-state index contributed by atoms with van der Waals surface area (Å²) in [6, 6.07) is 5.98. The Morgan fingerprint density at radius 3 is 2.43 bits per heavy atom. The van der Waals surface area contributed by atoms with Crippen molar-refractivity contribution in [1.82, 2.24) is 4.90 Å². The molecule has 4 heteroatoms. The van der Waals surface area contributed by atoms with Crippen molar-refractivity contribution in [2.45, 2.75) is 6.42 Å². The number of nitrogens with zero attached hydrogens (tertiary/aromatic N) is 2. The number of nitrogens with two attached hydrogens (primary N) is 1. The second-order valence-electron chi connectivity index (χ2n) is 3.29. The molecule has 1 aromatic carbocycles. The van der Waals surface area contributed by atoms with Gasteiger partial charge in [0.1, 0.15) is 5.82 Å². The zero-order valence-electron chi connectivity index (χ0n) is 7.78. The van der Waals surface area contributed by atoms with E-state index in [0.717, 1.165) is 13.1 Å². The van der Waals surface area contributed by atoms with Gasteiger partial charge in [-0.2, -0.15) is 0 Å². The fraction of sp³-hybridized carbons (Fsp3) is 0.300. The molecule has 74 valence electrons. The van der Waals surface area contributed by atoms with E-state index >= 15 is 0 Å². The third-order valence-electron chi connectivity index (χ3n) is 2.25. The Morgan fingerprint density at radius 2 is 1.93 bits per heavy atom. The van der Waals surface area contributed by atoms with E-state index in [9.17, 15) is 4.39 Å². The first-order valence-electron chi connectivity index (χ1n) is 4.60. The molecular formula is C10H12FN3. The standard InChI is InChI=1S/C10H12FN3/c11-8-2-4-9(5-3-8)13-10(12)14-6-1-7-14/h2-5H,1,6-7H2,(H2,12,13). The van der Waals surface area contributed by atoms with E-state index in [4.69, 9.17) is 5.73 Å². The van der Waals surface area contributed by atoms with E-state index in [1.165, 1.54) is 18.6 Å². The maximum absolute atomic E-state index is 12.6. The molecule has 0 radical (unpaired) electrons. The van der Waals surface area contributed by atoms with Gasteiger partial charge < -0.3 is 10.6 Å². The van der Waals surface area contributed by atoms with Gasteiger partial charge in [0.15, 0.2) is 5.96 Å². The van der Waals surface area contributed by atoms with E-state index in [-0.39, 0.29) is 5.82 Å². The van der Waals surface area contributed by atoms with Crippen molar-refractivity contribution in [2.24, 2.45) is 10.7 Å². The molecule has 1 heterocycles. The van der Waals surface area contributed by atoms with Gasteiger partial charge >= 0.3 is 0 Å². The van der Waals surface area contributed by atoms with Gasteiger partial charge in [-0.1, -0.05) is 0 Å². The van der Waals surface area contributed by atoms with Crippen LogP contribution in [-0.2, 0) is 0 Å². The van der Waals surface area contributed by atoms with Gasteiger partial charge in [0.2, 0.25) is 0 Å². The first kappa shape index (κ1) is 8.99. The van der Waals surface area contributed by atoms with Crippen LogP contribution in [0.4, 0.5) is 10.1 Å². The zero-order valence-corrected chi connectivity index (χ0v) is 7.78. The fourth-order valence-electron chi connectivity index (χ4n) is 1.26. The monoisotopic (exact) mass is 193 g/mol. The largest absolute Gasteiger partial charge is 0.369 e. The second kappa shape index (κ2) is 3.65. The Hall–Kier alpha value is -1.58. The van der Waals surface area contributed by atoms with Crippen molar-refractivity contribution in [3.63, 3.8) is 0 Å². The molecule has 1 fully saturated rings. The highest BCUT2D eigenvalue weighted by Gasteiger charge is 2.15. The molecule has 0 aromatic heterocycles. The molecule has 2 N–H and O–H groups in total. The highest BCUT2D eigenvalue weighted by atomic mass is 19.1. The van der Waals surface area contributed by atoms with Gasteiger partial charge in [-0.3, -0.25) is 0 Å². The minimum absolute atomic E-state index is 0.258. The number of hydrogen-bond donors (Lipinski definition) is 1. The molecule has 0 aliphatic carbocycles. The summed E-state index contributed by atoms with van der Waals surface area (Å²) in [4.78, 5) is 6.17. The van der Waals surface area contributed by atoms with Crippen LogP contribution in [0.1, 0.15) is 6.42 Å². The van der Waals surface area contributed by atoms with Crippen LogP contribution in [-0.4, -0.2) is 23.9 Å². The normalized spacial score (nSPS) is 16.6. The van der Waals surface area contributed by atoms with Crippen LogP contribution in [0, 0.1) is 5.82 Å². The predicted octanol–water partition coefficient (Wildman–Crippen LogP) is 1.48. The zero-order chi connectivity index (χ0) is 9.97. The Balaban J connectivity index is 2.11. The number of rotatable bonds is 1. The molecule has 0 unspecified atom stereocenters. The van der Waals surface area contributed by atoms with E-state index in [2.05, 4.69) is 4.99 Å². The van der Waals surface area contributed by atoms with Crippen molar-refractivity contribution in [3.8, 4) is 0 Å². The minimum atomic E-state index is -0.258. The van der Waals surface area contributed by atoms with E-state index in [0.29, 0.717) is 11.6 Å². The molecule has 1 aliphatic rings. The van der Waals surface area contributed by atoms with Gasteiger partial charge in [-0.25, -0.2) is 9.38 Å². The Labute approximate surface area is 82.0 Å². The number of aliphatic imine (C=N–C) groups is 1. The van der Waals surface area contributed by atoms with Crippen molar-refractivity contribution in [1.29, 1.82) is 0 Å². The third kappa shape index (κ3) is 1.84. The molecule has 2 rings (SSSR count). The lowest BCUT2D eigenvalue weighted by Crippen LogP contribution is -2.46. The van der Waals surface area contributed by atoms with Crippen LogP contribution in [0.3, 0.4) is 0 Å². The third-order valence-corrected chi connectivity index (χ3v) is 2.25. The molecule has 3 nitrogen and oxygen atoms in total. The predicted molar refractivity (Wildman–Crippen MR) is 53.9 cm³/mol. The van der Waals surface area contributed by atoms with Crippen molar-refractivity contribution >= 4 is 11.6 Å². The van der Waals surface area contributed by atoms with Crippen LogP contribution in [0.25, 0.3) is 0 Å². The SMILES string of the molecule is NC(=Nc1ccc(F)cc1)N1CCC1. The molecule has 0 amide bonds. The van der Waals surface area contributed by atoms with Gasteiger partial charge in [-0.05, 0) is 30.7 Å². The van der Waals surface area contributed by atoms with E-state index in [1.807, 2.05) is 4.90 Å². The molecular weight excluding hydrogens is 181 g/mol. The van der Waals surface area contributed by atoms with Gasteiger partial charge in [0.05, 0.1) is 5.69 Å². The minimum Gasteiger partial charge on any atom is -0.369 e. The lowest BCUT2D eigenvalue weighted by atomic mass is 10.2. The van der Waals surface area contributed by atoms with Crippen LogP contribution in [0.2, 0.25) is 0 Å². The Bertz CT molecular complexity index is 341. The number of hydrogen-bond acceptors (Lipinski definition) is 1. The van der Waals surface area contributed by atoms with Crippen LogP contribution >= 0.6 is 0 Å². The summed E-state index contributed by atoms with van der Waals surface area (Å²) in [5, 5.41) is 0. The van der Waals surface area contributed by atoms with Crippen LogP contribution < -0.4 is 5.73 Å². The highest BCUT2D eigenvalue weighted by molar-refractivity contribution is 5.81. The molecule has 1 aromatic rings. The second-order valence-corrected chi connectivity index (χ2v) is 3.29. The number of benzene rings is 1. The maximum Gasteiger partial charge on any atom is 0.196 e. The number of guanidine groups is 1. The summed E-state index contributed by atoms with van der Waals surface area (Å²) in [5.41, 5.74) is 6.42. The van der Waals surface area contributed by atoms with Gasteiger partial charge in [-0.15, -0.1) is 0 Å². The quantitative estimate of drug-likeness (QED) is 0.542. The highest BCUT2D eigenvalue weighted by Crippen LogP contribution is 2.14. The molecule has 0 spiro atoms. The van der Waals surface area contributed by atoms with Gasteiger partial charge in [0.25, 0.3) is 0 Å². The summed E-state index contributed by atoms with van der Waals surface area (Å²) in [6.07, 6.45) is 1.17. The van der Waals surface area contributed by atoms with Gasteiger partial charge in [0, 0.05) is 13.1 Å². The lowest BCUT2D eigenvalue weighted by Gasteiger charge is -2.31. The first-order chi connectivity index (χ1) is 6.75. The molecule has 1 aliphatic heterocycles. The van der Waals surface area contributed by atoms with Crippen molar-refractivity contribution in [2.75, 3.05) is 13.1 Å². The fourth-order valence-corrected chi connectivity index (χ4v) is 1.26. The average Bonchev–Trinajstić information content (AvgIpc) is 2.06. The summed E-state index contributed by atoms with van der Waals surface area (Å²) in [6.45, 7) is 1.94. The first-order valence-corrected chi connectivity index (χ1v) is 4.60.